The molecule has 0 atom stereocenters. The van der Waals surface area contributed by atoms with E-state index in [1.165, 1.54) is 0 Å². The van der Waals surface area contributed by atoms with Crippen LogP contribution in [0, 0.1) is 0 Å². The fraction of sp³-hybridized carbons (Fsp3) is 0.240. The lowest BCUT2D eigenvalue weighted by Crippen LogP contribution is -2.41. The second kappa shape index (κ2) is 7.29. The Labute approximate surface area is 172 Å². The Morgan fingerprint density at radius 3 is 1.90 bits per heavy atom. The Kier molecular flexibility index (Phi) is 4.93. The number of ketones is 1. The predicted octanol–water partition coefficient (Wildman–Crippen LogP) is 4.88. The van der Waals surface area contributed by atoms with Crippen LogP contribution in [0.5, 0.6) is 0 Å². The van der Waals surface area contributed by atoms with Crippen molar-refractivity contribution in [2.75, 3.05) is 0 Å². The van der Waals surface area contributed by atoms with E-state index < -0.39 is 7.12 Å². The average molecular weight is 384 g/mol. The van der Waals surface area contributed by atoms with E-state index >= 15 is 0 Å². The number of rotatable bonds is 4. The molecule has 4 rings (SSSR count). The van der Waals surface area contributed by atoms with Crippen LogP contribution in [0.4, 0.5) is 0 Å². The zero-order chi connectivity index (χ0) is 20.6. The van der Waals surface area contributed by atoms with Gasteiger partial charge in [-0.2, -0.15) is 0 Å². The summed E-state index contributed by atoms with van der Waals surface area (Å²) in [5.74, 6) is 0.00456. The summed E-state index contributed by atoms with van der Waals surface area (Å²) in [6, 6.07) is 25.2. The third kappa shape index (κ3) is 3.66. The van der Waals surface area contributed by atoms with Crippen molar-refractivity contribution in [1.82, 2.24) is 0 Å². The van der Waals surface area contributed by atoms with Gasteiger partial charge in [-0.05, 0) is 44.3 Å². The minimum absolute atomic E-state index is 0.00456. The highest BCUT2D eigenvalue weighted by Gasteiger charge is 2.51. The lowest BCUT2D eigenvalue weighted by atomic mass is 9.78. The van der Waals surface area contributed by atoms with Gasteiger partial charge in [-0.1, -0.05) is 78.9 Å². The molecule has 29 heavy (non-hydrogen) atoms. The van der Waals surface area contributed by atoms with Crippen molar-refractivity contribution in [3.8, 4) is 11.1 Å². The fourth-order valence-electron chi connectivity index (χ4n) is 3.48. The molecule has 3 aromatic rings. The Balaban J connectivity index is 1.61. The normalized spacial score (nSPS) is 17.3. The number of hydrogen-bond donors (Lipinski definition) is 0. The molecule has 0 spiro atoms. The molecule has 0 unspecified atom stereocenters. The predicted molar refractivity (Wildman–Crippen MR) is 117 cm³/mol. The van der Waals surface area contributed by atoms with Gasteiger partial charge in [0.2, 0.25) is 0 Å². The molecular formula is C25H25BO3. The van der Waals surface area contributed by atoms with Gasteiger partial charge in [-0.15, -0.1) is 0 Å². The molecule has 0 aromatic heterocycles. The van der Waals surface area contributed by atoms with Crippen molar-refractivity contribution in [3.63, 3.8) is 0 Å². The van der Waals surface area contributed by atoms with Gasteiger partial charge in [0.1, 0.15) is 0 Å². The van der Waals surface area contributed by atoms with Gasteiger partial charge in [0.25, 0.3) is 0 Å². The maximum absolute atomic E-state index is 13.2. The maximum Gasteiger partial charge on any atom is 0.494 e. The Hall–Kier alpha value is -2.69. The van der Waals surface area contributed by atoms with Gasteiger partial charge < -0.3 is 9.31 Å². The molecule has 1 fully saturated rings. The number of carbonyl (C=O) groups is 1. The summed E-state index contributed by atoms with van der Waals surface area (Å²) < 4.78 is 12.2. The van der Waals surface area contributed by atoms with E-state index in [0.717, 1.165) is 16.6 Å². The lowest BCUT2D eigenvalue weighted by Gasteiger charge is -2.32. The van der Waals surface area contributed by atoms with E-state index in [1.807, 2.05) is 107 Å². The van der Waals surface area contributed by atoms with E-state index in [9.17, 15) is 4.79 Å². The molecule has 1 aliphatic rings. The smallest absolute Gasteiger partial charge is 0.399 e. The number of hydrogen-bond acceptors (Lipinski definition) is 3. The van der Waals surface area contributed by atoms with E-state index in [1.54, 1.807) is 0 Å². The van der Waals surface area contributed by atoms with Crippen molar-refractivity contribution in [1.29, 1.82) is 0 Å². The monoisotopic (exact) mass is 384 g/mol. The van der Waals surface area contributed by atoms with Crippen LogP contribution in [-0.4, -0.2) is 24.1 Å². The Morgan fingerprint density at radius 1 is 0.724 bits per heavy atom. The molecule has 0 radical (unpaired) electrons. The topological polar surface area (TPSA) is 35.5 Å². The second-order valence-corrected chi connectivity index (χ2v) is 8.45. The van der Waals surface area contributed by atoms with Crippen LogP contribution in [0.15, 0.2) is 78.9 Å². The van der Waals surface area contributed by atoms with E-state index in [0.29, 0.717) is 11.1 Å². The van der Waals surface area contributed by atoms with Crippen LogP contribution < -0.4 is 5.46 Å². The minimum atomic E-state index is -0.430. The first-order valence-corrected chi connectivity index (χ1v) is 9.93. The van der Waals surface area contributed by atoms with Gasteiger partial charge in [0.15, 0.2) is 5.78 Å². The highest BCUT2D eigenvalue weighted by atomic mass is 16.7. The van der Waals surface area contributed by atoms with Gasteiger partial charge in [0, 0.05) is 11.1 Å². The summed E-state index contributed by atoms with van der Waals surface area (Å²) in [6.07, 6.45) is 0. The van der Waals surface area contributed by atoms with Crippen LogP contribution in [0.1, 0.15) is 43.6 Å². The van der Waals surface area contributed by atoms with Crippen molar-refractivity contribution < 1.29 is 14.1 Å². The first-order valence-electron chi connectivity index (χ1n) is 9.93. The summed E-state index contributed by atoms with van der Waals surface area (Å²) in [6.45, 7) is 8.13. The van der Waals surface area contributed by atoms with E-state index in [2.05, 4.69) is 0 Å². The lowest BCUT2D eigenvalue weighted by molar-refractivity contribution is 0.00578. The fourth-order valence-corrected chi connectivity index (χ4v) is 3.48. The second-order valence-electron chi connectivity index (χ2n) is 8.45. The molecule has 3 nitrogen and oxygen atoms in total. The molecule has 0 saturated carbocycles. The zero-order valence-corrected chi connectivity index (χ0v) is 17.3. The summed E-state index contributed by atoms with van der Waals surface area (Å²) >= 11 is 0. The van der Waals surface area contributed by atoms with Gasteiger partial charge in [-0.3, -0.25) is 4.79 Å². The molecule has 0 amide bonds. The molecule has 0 bridgehead atoms. The van der Waals surface area contributed by atoms with Crippen LogP contribution in [0.2, 0.25) is 0 Å². The minimum Gasteiger partial charge on any atom is -0.399 e. The molecule has 0 N–H and O–H groups in total. The van der Waals surface area contributed by atoms with Crippen molar-refractivity contribution in [2.24, 2.45) is 0 Å². The number of carbonyl (C=O) groups excluding carboxylic acids is 1. The zero-order valence-electron chi connectivity index (χ0n) is 17.3. The van der Waals surface area contributed by atoms with Crippen LogP contribution >= 0.6 is 0 Å². The van der Waals surface area contributed by atoms with Crippen LogP contribution in [0.3, 0.4) is 0 Å². The molecule has 1 heterocycles. The molecule has 146 valence electrons. The van der Waals surface area contributed by atoms with Crippen molar-refractivity contribution in [3.05, 3.63) is 90.0 Å². The van der Waals surface area contributed by atoms with Gasteiger partial charge in [-0.25, -0.2) is 0 Å². The first-order chi connectivity index (χ1) is 13.8. The molecule has 1 aliphatic heterocycles. The largest absolute Gasteiger partial charge is 0.494 e. The van der Waals surface area contributed by atoms with Crippen molar-refractivity contribution in [2.45, 2.75) is 38.9 Å². The molecule has 3 aromatic carbocycles. The van der Waals surface area contributed by atoms with Crippen molar-refractivity contribution >= 4 is 18.4 Å². The van der Waals surface area contributed by atoms with E-state index in [-0.39, 0.29) is 17.0 Å². The van der Waals surface area contributed by atoms with Gasteiger partial charge in [0.05, 0.1) is 11.2 Å². The Morgan fingerprint density at radius 2 is 1.28 bits per heavy atom. The summed E-state index contributed by atoms with van der Waals surface area (Å²) in [5, 5.41) is 0. The van der Waals surface area contributed by atoms with Gasteiger partial charge >= 0.3 is 7.12 Å². The molecule has 1 saturated heterocycles. The molecule has 0 aliphatic carbocycles. The molecule has 4 heteroatoms. The van der Waals surface area contributed by atoms with E-state index in [4.69, 9.17) is 9.31 Å². The summed E-state index contributed by atoms with van der Waals surface area (Å²) in [7, 11) is -0.430. The quantitative estimate of drug-likeness (QED) is 0.475. The standard InChI is InChI=1S/C25H25BO3/c1-24(2)25(3,4)29-26(28-24)20-16-14-19(15-17-20)23(27)22-13-9-8-12-21(22)18-10-6-5-7-11-18/h5-17H,1-4H3. The SMILES string of the molecule is CC1(C)OB(c2ccc(C(=O)c3ccccc3-c3ccccc3)cc2)OC1(C)C. The third-order valence-corrected chi connectivity index (χ3v) is 5.95. The van der Waals surface area contributed by atoms with Crippen LogP contribution in [0.25, 0.3) is 11.1 Å². The highest BCUT2D eigenvalue weighted by molar-refractivity contribution is 6.62. The third-order valence-electron chi connectivity index (χ3n) is 5.95. The summed E-state index contributed by atoms with van der Waals surface area (Å²) in [4.78, 5) is 13.2. The summed E-state index contributed by atoms with van der Waals surface area (Å²) in [5.41, 5.74) is 3.45. The maximum atomic E-state index is 13.2. The Bertz CT molecular complexity index is 1010. The highest BCUT2D eigenvalue weighted by Crippen LogP contribution is 2.36. The molecular weight excluding hydrogens is 359 g/mol. The van der Waals surface area contributed by atoms with Crippen LogP contribution in [-0.2, 0) is 9.31 Å². The number of benzene rings is 3. The first kappa shape index (κ1) is 19.6. The average Bonchev–Trinajstić information content (AvgIpc) is 2.95.